The molecule has 1 saturated carbocycles. The largest absolute Gasteiger partial charge is 0.474 e. The summed E-state index contributed by atoms with van der Waals surface area (Å²) in [7, 11) is 0. The van der Waals surface area contributed by atoms with Crippen LogP contribution in [0.25, 0.3) is 0 Å². The summed E-state index contributed by atoms with van der Waals surface area (Å²) in [5.41, 5.74) is 1.89. The molecule has 2 saturated heterocycles. The molecule has 182 valence electrons. The molecule has 2 unspecified atom stereocenters. The van der Waals surface area contributed by atoms with E-state index in [0.29, 0.717) is 49.0 Å². The third-order valence-corrected chi connectivity index (χ3v) is 6.95. The molecule has 9 heteroatoms. The molecule has 1 aromatic carbocycles. The predicted molar refractivity (Wildman–Crippen MR) is 124 cm³/mol. The molecule has 1 aliphatic carbocycles. The average Bonchev–Trinajstić information content (AvgIpc) is 3.30. The van der Waals surface area contributed by atoms with Gasteiger partial charge in [0.05, 0.1) is 36.5 Å². The van der Waals surface area contributed by atoms with Gasteiger partial charge in [0, 0.05) is 12.8 Å². The highest BCUT2D eigenvalue weighted by molar-refractivity contribution is 5.69. The summed E-state index contributed by atoms with van der Waals surface area (Å²) < 4.78 is 32.1. The number of halogens is 1. The number of carbonyl (C=O) groups excluding carboxylic acids is 1. The van der Waals surface area contributed by atoms with Gasteiger partial charge < -0.3 is 19.5 Å². The lowest BCUT2D eigenvalue weighted by atomic mass is 9.92. The van der Waals surface area contributed by atoms with Gasteiger partial charge >= 0.3 is 6.09 Å². The smallest absolute Gasteiger partial charge is 0.410 e. The summed E-state index contributed by atoms with van der Waals surface area (Å²) in [5.74, 6) is 0.606. The molecule has 0 spiro atoms. The van der Waals surface area contributed by atoms with Crippen LogP contribution >= 0.6 is 0 Å². The number of carbonyl (C=O) groups is 1. The summed E-state index contributed by atoms with van der Waals surface area (Å²) in [6, 6.07) is 4.82. The van der Waals surface area contributed by atoms with Gasteiger partial charge in [-0.1, -0.05) is 6.07 Å². The number of nitrogens with zero attached hydrogens (tertiary/aromatic N) is 3. The summed E-state index contributed by atoms with van der Waals surface area (Å²) >= 11 is 0. The molecule has 5 rings (SSSR count). The van der Waals surface area contributed by atoms with E-state index in [1.165, 1.54) is 12.4 Å². The van der Waals surface area contributed by atoms with E-state index < -0.39 is 0 Å². The van der Waals surface area contributed by atoms with Crippen LogP contribution in [-0.2, 0) is 9.47 Å². The normalized spacial score (nSPS) is 24.7. The van der Waals surface area contributed by atoms with Crippen LogP contribution < -0.4 is 10.1 Å². The molecule has 8 nitrogen and oxygen atoms in total. The molecule has 2 bridgehead atoms. The van der Waals surface area contributed by atoms with Crippen molar-refractivity contribution in [3.05, 3.63) is 41.5 Å². The third-order valence-electron chi connectivity index (χ3n) is 6.95. The minimum absolute atomic E-state index is 0.0380. The zero-order valence-corrected chi connectivity index (χ0v) is 19.6. The molecule has 3 aliphatic rings. The van der Waals surface area contributed by atoms with E-state index in [0.717, 1.165) is 31.2 Å². The first-order valence-corrected chi connectivity index (χ1v) is 12.1. The Labute approximate surface area is 198 Å². The van der Waals surface area contributed by atoms with Crippen molar-refractivity contribution in [1.29, 1.82) is 0 Å². The first-order chi connectivity index (χ1) is 16.5. The second-order valence-corrected chi connectivity index (χ2v) is 9.51. The van der Waals surface area contributed by atoms with Gasteiger partial charge in [0.2, 0.25) is 5.88 Å². The number of benzene rings is 1. The third kappa shape index (κ3) is 4.80. The van der Waals surface area contributed by atoms with Gasteiger partial charge in [-0.3, -0.25) is 4.90 Å². The molecular formula is C25H31FN4O4. The van der Waals surface area contributed by atoms with E-state index in [2.05, 4.69) is 15.3 Å². The minimum Gasteiger partial charge on any atom is -0.474 e. The second kappa shape index (κ2) is 9.74. The Kier molecular flexibility index (Phi) is 6.54. The maximum absolute atomic E-state index is 14.3. The van der Waals surface area contributed by atoms with Crippen LogP contribution in [0, 0.1) is 19.7 Å². The molecule has 1 amide bonds. The van der Waals surface area contributed by atoms with E-state index in [-0.39, 0.29) is 36.2 Å². The molecule has 1 aromatic heterocycles. The fourth-order valence-corrected chi connectivity index (χ4v) is 5.15. The summed E-state index contributed by atoms with van der Waals surface area (Å²) in [4.78, 5) is 23.4. The Hall–Kier alpha value is -2.94. The van der Waals surface area contributed by atoms with E-state index in [9.17, 15) is 9.18 Å². The number of nitrogens with one attached hydrogen (secondary N) is 1. The van der Waals surface area contributed by atoms with E-state index in [1.807, 2.05) is 24.8 Å². The highest BCUT2D eigenvalue weighted by Gasteiger charge is 2.44. The molecule has 34 heavy (non-hydrogen) atoms. The van der Waals surface area contributed by atoms with Crippen molar-refractivity contribution in [2.24, 2.45) is 0 Å². The topological polar surface area (TPSA) is 85.8 Å². The van der Waals surface area contributed by atoms with Crippen LogP contribution in [0.2, 0.25) is 0 Å². The van der Waals surface area contributed by atoms with Crippen molar-refractivity contribution in [2.75, 3.05) is 18.5 Å². The lowest BCUT2D eigenvalue weighted by molar-refractivity contribution is -0.0945. The van der Waals surface area contributed by atoms with Crippen LogP contribution in [0.3, 0.4) is 0 Å². The minimum atomic E-state index is -0.342. The Bertz CT molecular complexity index is 1030. The van der Waals surface area contributed by atoms with Crippen LogP contribution in [-0.4, -0.2) is 58.5 Å². The number of amides is 1. The summed E-state index contributed by atoms with van der Waals surface area (Å²) in [6.45, 7) is 4.63. The predicted octanol–water partition coefficient (Wildman–Crippen LogP) is 4.67. The fourth-order valence-electron chi connectivity index (χ4n) is 5.15. The number of aromatic nitrogens is 2. The standard InChI is InChI=1S/C25H31FN4O4/c1-15-7-8-22(21(26)9-15)29-23-16(2)24(28-14-27-23)33-20-10-17-12-32-13-18(11-20)30(17)25(31)34-19-5-3-4-6-19/h7-9,14,17-20H,3-6,10-13H2,1-2H3,(H,27,28,29). The lowest BCUT2D eigenvalue weighted by Gasteiger charge is -2.47. The summed E-state index contributed by atoms with van der Waals surface area (Å²) in [5, 5.41) is 3.05. The maximum atomic E-state index is 14.3. The monoisotopic (exact) mass is 470 g/mol. The number of fused-ring (bicyclic) bond motifs is 2. The van der Waals surface area contributed by atoms with Gasteiger partial charge in [0.1, 0.15) is 30.2 Å². The molecule has 2 aromatic rings. The quantitative estimate of drug-likeness (QED) is 0.680. The molecule has 0 radical (unpaired) electrons. The van der Waals surface area contributed by atoms with Gasteiger partial charge in [0.15, 0.2) is 0 Å². The zero-order valence-electron chi connectivity index (χ0n) is 19.6. The van der Waals surface area contributed by atoms with E-state index in [1.54, 1.807) is 6.07 Å². The lowest BCUT2D eigenvalue weighted by Crippen LogP contribution is -2.61. The maximum Gasteiger partial charge on any atom is 0.410 e. The van der Waals surface area contributed by atoms with Crippen molar-refractivity contribution >= 4 is 17.6 Å². The molecule has 1 N–H and O–H groups in total. The van der Waals surface area contributed by atoms with Crippen LogP contribution in [0.1, 0.15) is 49.7 Å². The van der Waals surface area contributed by atoms with E-state index >= 15 is 0 Å². The Balaban J connectivity index is 1.26. The highest BCUT2D eigenvalue weighted by Crippen LogP contribution is 2.34. The van der Waals surface area contributed by atoms with Crippen molar-refractivity contribution in [3.63, 3.8) is 0 Å². The molecule has 2 aliphatic heterocycles. The van der Waals surface area contributed by atoms with Gasteiger partial charge in [0.25, 0.3) is 0 Å². The molecule has 3 heterocycles. The average molecular weight is 471 g/mol. The number of hydrogen-bond acceptors (Lipinski definition) is 7. The number of hydrogen-bond donors (Lipinski definition) is 1. The molecular weight excluding hydrogens is 439 g/mol. The SMILES string of the molecule is Cc1ccc(Nc2ncnc(OC3CC4COCC(C3)N4C(=O)OC3CCCC3)c2C)c(F)c1. The zero-order chi connectivity index (χ0) is 23.7. The molecule has 3 fully saturated rings. The number of anilines is 2. The molecule has 2 atom stereocenters. The van der Waals surface area contributed by atoms with Gasteiger partial charge in [-0.15, -0.1) is 0 Å². The van der Waals surface area contributed by atoms with Crippen molar-refractivity contribution in [3.8, 4) is 5.88 Å². The number of piperidine rings is 1. The highest BCUT2D eigenvalue weighted by atomic mass is 19.1. The Morgan fingerprint density at radius 2 is 1.85 bits per heavy atom. The van der Waals surface area contributed by atoms with Crippen LogP contribution in [0.5, 0.6) is 5.88 Å². The summed E-state index contributed by atoms with van der Waals surface area (Å²) in [6.07, 6.45) is 6.51. The number of rotatable bonds is 5. The Morgan fingerprint density at radius 3 is 2.56 bits per heavy atom. The fraction of sp³-hybridized carbons (Fsp3) is 0.560. The number of morpholine rings is 1. The first-order valence-electron chi connectivity index (χ1n) is 12.1. The Morgan fingerprint density at radius 1 is 1.12 bits per heavy atom. The van der Waals surface area contributed by atoms with E-state index in [4.69, 9.17) is 14.2 Å². The van der Waals surface area contributed by atoms with Crippen LogP contribution in [0.15, 0.2) is 24.5 Å². The number of ether oxygens (including phenoxy) is 3. The first kappa shape index (κ1) is 22.8. The van der Waals surface area contributed by atoms with Gasteiger partial charge in [-0.2, -0.15) is 0 Å². The van der Waals surface area contributed by atoms with Gasteiger partial charge in [-0.05, 0) is 57.2 Å². The van der Waals surface area contributed by atoms with Crippen molar-refractivity contribution in [1.82, 2.24) is 14.9 Å². The number of aryl methyl sites for hydroxylation is 1. The van der Waals surface area contributed by atoms with Crippen LogP contribution in [0.4, 0.5) is 20.7 Å². The van der Waals surface area contributed by atoms with Crippen molar-refractivity contribution < 1.29 is 23.4 Å². The van der Waals surface area contributed by atoms with Gasteiger partial charge in [-0.25, -0.2) is 19.2 Å². The van der Waals surface area contributed by atoms with Crippen molar-refractivity contribution in [2.45, 2.75) is 76.7 Å². The second-order valence-electron chi connectivity index (χ2n) is 9.51.